The Labute approximate surface area is 112 Å². The molecular weight excluding hydrogens is 238 g/mol. The van der Waals surface area contributed by atoms with Crippen LogP contribution in [-0.2, 0) is 0 Å². The summed E-state index contributed by atoms with van der Waals surface area (Å²) in [6, 6.07) is 6.71. The lowest BCUT2D eigenvalue weighted by Gasteiger charge is -2.30. The first-order valence-corrected chi connectivity index (χ1v) is 6.68. The maximum absolute atomic E-state index is 5.63. The van der Waals surface area contributed by atoms with Crippen LogP contribution >= 0.6 is 0 Å². The average molecular weight is 257 g/mol. The molecule has 1 aliphatic heterocycles. The molecule has 5 heteroatoms. The third kappa shape index (κ3) is 2.76. The number of anilines is 2. The smallest absolute Gasteiger partial charge is 0.220 e. The molecule has 2 aromatic rings. The third-order valence-electron chi connectivity index (χ3n) is 3.69. The molecular formula is C14H19N5. The van der Waals surface area contributed by atoms with Crippen molar-refractivity contribution >= 4 is 22.5 Å². The van der Waals surface area contributed by atoms with Crippen LogP contribution < -0.4 is 11.1 Å². The predicted molar refractivity (Wildman–Crippen MR) is 78.1 cm³/mol. The van der Waals surface area contributed by atoms with Gasteiger partial charge in [-0.05, 0) is 51.2 Å². The number of nitrogen functional groups attached to an aromatic ring is 1. The Morgan fingerprint density at radius 2 is 2.11 bits per heavy atom. The van der Waals surface area contributed by atoms with Gasteiger partial charge in [0.05, 0.1) is 5.52 Å². The van der Waals surface area contributed by atoms with Crippen molar-refractivity contribution in [1.29, 1.82) is 0 Å². The summed E-state index contributed by atoms with van der Waals surface area (Å²) in [5, 5.41) is 4.60. The van der Waals surface area contributed by atoms with E-state index in [9.17, 15) is 0 Å². The molecule has 100 valence electrons. The van der Waals surface area contributed by atoms with Crippen LogP contribution in [0.15, 0.2) is 24.4 Å². The quantitative estimate of drug-likeness (QED) is 0.857. The molecule has 0 saturated carbocycles. The van der Waals surface area contributed by atoms with E-state index in [0.29, 0.717) is 12.0 Å². The molecule has 1 aliphatic rings. The Bertz CT molecular complexity index is 575. The summed E-state index contributed by atoms with van der Waals surface area (Å²) in [5.41, 5.74) is 7.63. The second kappa shape index (κ2) is 5.01. The van der Waals surface area contributed by atoms with E-state index in [4.69, 9.17) is 5.73 Å². The van der Waals surface area contributed by atoms with Gasteiger partial charge in [-0.2, -0.15) is 0 Å². The van der Waals surface area contributed by atoms with Gasteiger partial charge in [-0.25, -0.2) is 9.97 Å². The topological polar surface area (TPSA) is 67.1 Å². The highest BCUT2D eigenvalue weighted by Crippen LogP contribution is 2.20. The molecule has 19 heavy (non-hydrogen) atoms. The van der Waals surface area contributed by atoms with Gasteiger partial charge < -0.3 is 16.0 Å². The molecule has 2 heterocycles. The molecule has 0 bridgehead atoms. The summed E-state index contributed by atoms with van der Waals surface area (Å²) in [6.45, 7) is 2.31. The standard InChI is InChI=1S/C14H19N5/c1-19-6-4-11(5-7-19)17-12-3-2-10-9-16-14(15)18-13(10)8-12/h2-3,8-9,11,17H,4-7H2,1H3,(H2,15,16,18). The minimum Gasteiger partial charge on any atom is -0.382 e. The highest BCUT2D eigenvalue weighted by molar-refractivity contribution is 5.82. The van der Waals surface area contributed by atoms with Crippen LogP contribution in [0.1, 0.15) is 12.8 Å². The first-order valence-electron chi connectivity index (χ1n) is 6.68. The fourth-order valence-corrected chi connectivity index (χ4v) is 2.52. The van der Waals surface area contributed by atoms with Gasteiger partial charge in [0.2, 0.25) is 5.95 Å². The molecule has 1 aromatic carbocycles. The van der Waals surface area contributed by atoms with Crippen LogP contribution in [-0.4, -0.2) is 41.0 Å². The van der Waals surface area contributed by atoms with Gasteiger partial charge in [-0.1, -0.05) is 0 Å². The van der Waals surface area contributed by atoms with E-state index < -0.39 is 0 Å². The summed E-state index contributed by atoms with van der Waals surface area (Å²) in [6.07, 6.45) is 4.12. The van der Waals surface area contributed by atoms with E-state index >= 15 is 0 Å². The van der Waals surface area contributed by atoms with Crippen LogP contribution in [0.3, 0.4) is 0 Å². The fraction of sp³-hybridized carbons (Fsp3) is 0.429. The SMILES string of the molecule is CN1CCC(Nc2ccc3cnc(N)nc3c2)CC1. The third-order valence-corrected chi connectivity index (χ3v) is 3.69. The lowest BCUT2D eigenvalue weighted by molar-refractivity contribution is 0.264. The summed E-state index contributed by atoms with van der Waals surface area (Å²) in [4.78, 5) is 10.6. The van der Waals surface area contributed by atoms with Gasteiger partial charge in [0.15, 0.2) is 0 Å². The maximum Gasteiger partial charge on any atom is 0.220 e. The van der Waals surface area contributed by atoms with Gasteiger partial charge >= 0.3 is 0 Å². The number of rotatable bonds is 2. The highest BCUT2D eigenvalue weighted by Gasteiger charge is 2.16. The molecule has 3 rings (SSSR count). The van der Waals surface area contributed by atoms with Gasteiger partial charge in [0, 0.05) is 23.3 Å². The molecule has 0 aliphatic carbocycles. The maximum atomic E-state index is 5.63. The van der Waals surface area contributed by atoms with Crippen LogP contribution in [0.4, 0.5) is 11.6 Å². The van der Waals surface area contributed by atoms with Crippen LogP contribution in [0, 0.1) is 0 Å². The molecule has 3 N–H and O–H groups in total. The van der Waals surface area contributed by atoms with Crippen molar-refractivity contribution in [3.8, 4) is 0 Å². The van der Waals surface area contributed by atoms with Crippen molar-refractivity contribution in [2.45, 2.75) is 18.9 Å². The number of benzene rings is 1. The summed E-state index contributed by atoms with van der Waals surface area (Å²) >= 11 is 0. The minimum absolute atomic E-state index is 0.323. The normalized spacial score (nSPS) is 17.7. The Balaban J connectivity index is 1.77. The Hall–Kier alpha value is -1.88. The molecule has 0 atom stereocenters. The van der Waals surface area contributed by atoms with E-state index in [1.165, 1.54) is 12.8 Å². The number of hydrogen-bond donors (Lipinski definition) is 2. The Morgan fingerprint density at radius 1 is 1.32 bits per heavy atom. The monoisotopic (exact) mass is 257 g/mol. The number of nitrogens with one attached hydrogen (secondary N) is 1. The second-order valence-corrected chi connectivity index (χ2v) is 5.22. The molecule has 0 spiro atoms. The number of fused-ring (bicyclic) bond motifs is 1. The average Bonchev–Trinajstić information content (AvgIpc) is 2.41. The second-order valence-electron chi connectivity index (χ2n) is 5.22. The zero-order chi connectivity index (χ0) is 13.2. The number of nitrogens with two attached hydrogens (primary N) is 1. The first kappa shape index (κ1) is 12.2. The zero-order valence-electron chi connectivity index (χ0n) is 11.1. The lowest BCUT2D eigenvalue weighted by Crippen LogP contribution is -2.36. The van der Waals surface area contributed by atoms with E-state index in [1.807, 2.05) is 12.1 Å². The number of piperidine rings is 1. The van der Waals surface area contributed by atoms with E-state index in [2.05, 4.69) is 33.3 Å². The van der Waals surface area contributed by atoms with Crippen molar-refractivity contribution in [2.24, 2.45) is 0 Å². The lowest BCUT2D eigenvalue weighted by atomic mass is 10.1. The van der Waals surface area contributed by atoms with Gasteiger partial charge in [0.25, 0.3) is 0 Å². The summed E-state index contributed by atoms with van der Waals surface area (Å²) in [5.74, 6) is 0.323. The summed E-state index contributed by atoms with van der Waals surface area (Å²) < 4.78 is 0. The van der Waals surface area contributed by atoms with Gasteiger partial charge in [-0.3, -0.25) is 0 Å². The Morgan fingerprint density at radius 3 is 2.89 bits per heavy atom. The largest absolute Gasteiger partial charge is 0.382 e. The molecule has 5 nitrogen and oxygen atoms in total. The van der Waals surface area contributed by atoms with Crippen molar-refractivity contribution in [3.63, 3.8) is 0 Å². The van der Waals surface area contributed by atoms with Gasteiger partial charge in [-0.15, -0.1) is 0 Å². The molecule has 1 fully saturated rings. The predicted octanol–water partition coefficient (Wildman–Crippen LogP) is 1.72. The van der Waals surface area contributed by atoms with Crippen molar-refractivity contribution in [1.82, 2.24) is 14.9 Å². The molecule has 0 unspecified atom stereocenters. The van der Waals surface area contributed by atoms with E-state index in [1.54, 1.807) is 6.20 Å². The number of nitrogens with zero attached hydrogens (tertiary/aromatic N) is 3. The number of likely N-dealkylation sites (tertiary alicyclic amines) is 1. The highest BCUT2D eigenvalue weighted by atomic mass is 15.1. The molecule has 0 radical (unpaired) electrons. The number of aromatic nitrogens is 2. The van der Waals surface area contributed by atoms with Crippen LogP contribution in [0.2, 0.25) is 0 Å². The molecule has 1 saturated heterocycles. The number of hydrogen-bond acceptors (Lipinski definition) is 5. The minimum atomic E-state index is 0.323. The first-order chi connectivity index (χ1) is 9.20. The fourth-order valence-electron chi connectivity index (χ4n) is 2.52. The van der Waals surface area contributed by atoms with Crippen LogP contribution in [0.5, 0.6) is 0 Å². The van der Waals surface area contributed by atoms with Crippen LogP contribution in [0.25, 0.3) is 10.9 Å². The molecule has 0 amide bonds. The van der Waals surface area contributed by atoms with E-state index in [-0.39, 0.29) is 0 Å². The molecule has 1 aromatic heterocycles. The zero-order valence-corrected chi connectivity index (χ0v) is 11.1. The summed E-state index contributed by atoms with van der Waals surface area (Å²) in [7, 11) is 2.17. The Kier molecular flexibility index (Phi) is 3.21. The van der Waals surface area contributed by atoms with Crippen molar-refractivity contribution < 1.29 is 0 Å². The van der Waals surface area contributed by atoms with Crippen molar-refractivity contribution in [2.75, 3.05) is 31.2 Å². The van der Waals surface area contributed by atoms with E-state index in [0.717, 1.165) is 29.7 Å². The van der Waals surface area contributed by atoms with Gasteiger partial charge in [0.1, 0.15) is 0 Å². The van der Waals surface area contributed by atoms with Crippen molar-refractivity contribution in [3.05, 3.63) is 24.4 Å².